The Balaban J connectivity index is -0.0000000128. The number of halogens is 8. The molecule has 0 fully saturated rings. The summed E-state index contributed by atoms with van der Waals surface area (Å²) >= 11 is 0. The molecule has 12 heavy (non-hydrogen) atoms. The molecule has 0 saturated carbocycles. The predicted molar refractivity (Wildman–Crippen MR) is 29.5 cm³/mol. The Bertz CT molecular complexity index is 70.9. The Morgan fingerprint density at radius 3 is 0.583 bits per heavy atom. The van der Waals surface area contributed by atoms with Crippen LogP contribution in [0.25, 0.3) is 0 Å². The van der Waals surface area contributed by atoms with Crippen LogP contribution in [0.15, 0.2) is 0 Å². The standard InChI is InChI=1S/2BF4.Be.Rb.3H/c2*2-1(3,4)5;;;;;/q2*-1;+2;+1;3*-1. The molecule has 0 aliphatic carbocycles. The summed E-state index contributed by atoms with van der Waals surface area (Å²) in [6, 6.07) is 0. The van der Waals surface area contributed by atoms with E-state index in [1.165, 1.54) is 0 Å². The van der Waals surface area contributed by atoms with Gasteiger partial charge in [-0.2, -0.15) is 0 Å². The molecule has 0 unspecified atom stereocenters. The van der Waals surface area contributed by atoms with Crippen LogP contribution < -0.4 is 58.2 Å². The zero-order chi connectivity index (χ0) is 9.00. The summed E-state index contributed by atoms with van der Waals surface area (Å²) < 4.78 is 78.0. The minimum Gasteiger partial charge on any atom is -1.00 e. The van der Waals surface area contributed by atoms with Crippen molar-refractivity contribution >= 4 is 24.6 Å². The van der Waals surface area contributed by atoms with Gasteiger partial charge in [0.15, 0.2) is 0 Å². The predicted octanol–water partition coefficient (Wildman–Crippen LogP) is -0.439. The number of rotatable bonds is 0. The van der Waals surface area contributed by atoms with Gasteiger partial charge >= 0.3 is 82.8 Å². The van der Waals surface area contributed by atoms with Gasteiger partial charge in [-0.3, -0.25) is 0 Å². The molecule has 0 N–H and O–H groups in total. The van der Waals surface area contributed by atoms with Crippen LogP contribution in [0.1, 0.15) is 4.28 Å². The van der Waals surface area contributed by atoms with E-state index in [0.717, 1.165) is 0 Å². The van der Waals surface area contributed by atoms with Crippen molar-refractivity contribution in [3.05, 3.63) is 0 Å². The van der Waals surface area contributed by atoms with Crippen molar-refractivity contribution in [3.8, 4) is 0 Å². The Morgan fingerprint density at radius 1 is 0.583 bits per heavy atom. The summed E-state index contributed by atoms with van der Waals surface area (Å²) in [5.41, 5.74) is 0. The second-order valence-electron chi connectivity index (χ2n) is 0.990. The maximum atomic E-state index is 9.75. The van der Waals surface area contributed by atoms with E-state index in [-0.39, 0.29) is 72.6 Å². The van der Waals surface area contributed by atoms with Gasteiger partial charge in [-0.15, -0.1) is 0 Å². The average Bonchev–Trinajstić information content (AvgIpc) is 1.12. The zero-order valence-electron chi connectivity index (χ0n) is 8.89. The first-order valence-corrected chi connectivity index (χ1v) is 1.75. The Hall–Kier alpha value is 1.54. The molecule has 0 heterocycles. The van der Waals surface area contributed by atoms with E-state index in [4.69, 9.17) is 0 Å². The van der Waals surface area contributed by atoms with Gasteiger partial charge < -0.3 is 38.8 Å². The average molecular weight is 271 g/mol. The van der Waals surface area contributed by atoms with Gasteiger partial charge in [-0.1, -0.05) is 0 Å². The molecule has 0 aromatic carbocycles. The van der Waals surface area contributed by atoms with Crippen LogP contribution >= 0.6 is 0 Å². The third-order valence-electron chi connectivity index (χ3n) is 0. The fourth-order valence-electron chi connectivity index (χ4n) is 0. The Kier molecular flexibility index (Phi) is 17.8. The smallest absolute Gasteiger partial charge is 1.00 e. The summed E-state index contributed by atoms with van der Waals surface area (Å²) in [4.78, 5) is 0. The molecule has 0 aromatic rings. The summed E-state index contributed by atoms with van der Waals surface area (Å²) in [7, 11) is -12.0. The molecule has 12 heteroatoms. The van der Waals surface area contributed by atoms with Crippen LogP contribution in [-0.4, -0.2) is 24.6 Å². The normalized spacial score (nSPS) is 10.0. The van der Waals surface area contributed by atoms with Gasteiger partial charge in [-0.05, 0) is 0 Å². The second-order valence-corrected chi connectivity index (χ2v) is 0.990. The van der Waals surface area contributed by atoms with E-state index in [9.17, 15) is 34.5 Å². The minimum absolute atomic E-state index is 0. The van der Waals surface area contributed by atoms with E-state index in [1.54, 1.807) is 0 Å². The van der Waals surface area contributed by atoms with E-state index in [0.29, 0.717) is 0 Å². The van der Waals surface area contributed by atoms with Crippen molar-refractivity contribution in [2.75, 3.05) is 0 Å². The molecule has 0 amide bonds. The van der Waals surface area contributed by atoms with Gasteiger partial charge in [0.1, 0.15) is 0 Å². The molecule has 0 rings (SSSR count). The molecule has 0 bridgehead atoms. The first kappa shape index (κ1) is 23.4. The van der Waals surface area contributed by atoms with E-state index in [1.807, 2.05) is 0 Å². The zero-order valence-corrected chi connectivity index (χ0v) is 10.8. The third-order valence-corrected chi connectivity index (χ3v) is 0. The summed E-state index contributed by atoms with van der Waals surface area (Å²) in [5.74, 6) is 0. The fraction of sp³-hybridized carbons (Fsp3) is 0. The molecule has 70 valence electrons. The molecule has 0 atom stereocenters. The maximum Gasteiger partial charge on any atom is 2.00 e. The van der Waals surface area contributed by atoms with Crippen LogP contribution in [-0.2, 0) is 0 Å². The van der Waals surface area contributed by atoms with Crippen LogP contribution in [0.2, 0.25) is 0 Å². The van der Waals surface area contributed by atoms with Crippen molar-refractivity contribution < 1.29 is 97.0 Å². The SMILES string of the molecule is F[B-](F)(F)F.F[B-](F)(F)F.[Be+2].[H-].[H-].[H-].[Rb+]. The molecule has 0 nitrogen and oxygen atoms in total. The molecule has 0 saturated heterocycles. The van der Waals surface area contributed by atoms with Crippen molar-refractivity contribution in [1.82, 2.24) is 0 Å². The molecule has 0 aliphatic rings. The molecule has 0 aromatic heterocycles. The quantitative estimate of drug-likeness (QED) is 0.414. The van der Waals surface area contributed by atoms with Gasteiger partial charge in [-0.25, -0.2) is 0 Å². The van der Waals surface area contributed by atoms with Crippen molar-refractivity contribution in [3.63, 3.8) is 0 Å². The summed E-state index contributed by atoms with van der Waals surface area (Å²) in [6.07, 6.45) is 0. The molecule has 0 aliphatic heterocycles. The first-order valence-electron chi connectivity index (χ1n) is 1.75. The summed E-state index contributed by atoms with van der Waals surface area (Å²) in [5, 5.41) is 0. The van der Waals surface area contributed by atoms with Crippen LogP contribution in [0.5, 0.6) is 0 Å². The number of hydrogen-bond donors (Lipinski definition) is 0. The second kappa shape index (κ2) is 9.11. The van der Waals surface area contributed by atoms with Crippen molar-refractivity contribution in [1.29, 1.82) is 0 Å². The molecular formula is H3B2BeF8Rb-2. The first-order chi connectivity index (χ1) is 4.00. The third kappa shape index (κ3) is 538. The van der Waals surface area contributed by atoms with Gasteiger partial charge in [0.2, 0.25) is 0 Å². The fourth-order valence-corrected chi connectivity index (χ4v) is 0. The topological polar surface area (TPSA) is 0 Å². The van der Waals surface area contributed by atoms with Crippen LogP contribution in [0.3, 0.4) is 0 Å². The maximum absolute atomic E-state index is 9.75. The number of hydrogen-bond acceptors (Lipinski definition) is 0. The van der Waals surface area contributed by atoms with Gasteiger partial charge in [0.25, 0.3) is 0 Å². The van der Waals surface area contributed by atoms with E-state index >= 15 is 0 Å². The Morgan fingerprint density at radius 2 is 0.583 bits per heavy atom. The Labute approximate surface area is 120 Å². The van der Waals surface area contributed by atoms with Gasteiger partial charge in [0.05, 0.1) is 0 Å². The monoisotopic (exact) mass is 271 g/mol. The van der Waals surface area contributed by atoms with Crippen LogP contribution in [0, 0.1) is 0 Å². The summed E-state index contributed by atoms with van der Waals surface area (Å²) in [6.45, 7) is 0. The largest absolute Gasteiger partial charge is 2.00 e. The van der Waals surface area contributed by atoms with E-state index in [2.05, 4.69) is 0 Å². The van der Waals surface area contributed by atoms with Crippen molar-refractivity contribution in [2.24, 2.45) is 0 Å². The van der Waals surface area contributed by atoms with Crippen molar-refractivity contribution in [2.45, 2.75) is 0 Å². The van der Waals surface area contributed by atoms with Crippen LogP contribution in [0.4, 0.5) is 34.5 Å². The molecule has 0 radical (unpaired) electrons. The minimum atomic E-state index is -6.00. The molecular weight excluding hydrogens is 268 g/mol. The molecule has 0 spiro atoms. The van der Waals surface area contributed by atoms with E-state index < -0.39 is 14.5 Å². The van der Waals surface area contributed by atoms with Gasteiger partial charge in [0, 0.05) is 0 Å².